The monoisotopic (exact) mass is 289 g/mol. The SMILES string of the molecule is O=C(O)[C@H]1NCc2ccc(I)cc21. The van der Waals surface area contributed by atoms with Gasteiger partial charge in [0.05, 0.1) is 0 Å². The third kappa shape index (κ3) is 1.55. The summed E-state index contributed by atoms with van der Waals surface area (Å²) in [6.45, 7) is 0.656. The van der Waals surface area contributed by atoms with E-state index >= 15 is 0 Å². The number of nitrogens with one attached hydrogen (secondary N) is 1. The average molecular weight is 289 g/mol. The zero-order chi connectivity index (χ0) is 9.42. The number of halogens is 1. The number of fused-ring (bicyclic) bond motifs is 1. The van der Waals surface area contributed by atoms with Crippen molar-refractivity contribution in [1.82, 2.24) is 5.32 Å². The zero-order valence-corrected chi connectivity index (χ0v) is 8.91. The van der Waals surface area contributed by atoms with Crippen LogP contribution in [0.2, 0.25) is 0 Å². The lowest BCUT2D eigenvalue weighted by molar-refractivity contribution is -0.139. The van der Waals surface area contributed by atoms with Gasteiger partial charge in [0.15, 0.2) is 0 Å². The molecule has 68 valence electrons. The van der Waals surface area contributed by atoms with E-state index in [9.17, 15) is 4.79 Å². The number of hydrogen-bond donors (Lipinski definition) is 2. The molecule has 0 saturated heterocycles. The molecule has 1 aromatic rings. The van der Waals surface area contributed by atoms with Crippen molar-refractivity contribution in [3.8, 4) is 0 Å². The summed E-state index contributed by atoms with van der Waals surface area (Å²) < 4.78 is 1.08. The van der Waals surface area contributed by atoms with E-state index in [-0.39, 0.29) is 0 Å². The highest BCUT2D eigenvalue weighted by atomic mass is 127. The van der Waals surface area contributed by atoms with Crippen molar-refractivity contribution in [1.29, 1.82) is 0 Å². The van der Waals surface area contributed by atoms with Gasteiger partial charge in [-0.3, -0.25) is 10.1 Å². The minimum Gasteiger partial charge on any atom is -0.480 e. The van der Waals surface area contributed by atoms with E-state index in [1.54, 1.807) is 0 Å². The van der Waals surface area contributed by atoms with Gasteiger partial charge in [0.1, 0.15) is 6.04 Å². The van der Waals surface area contributed by atoms with Crippen molar-refractivity contribution in [3.63, 3.8) is 0 Å². The Kier molecular flexibility index (Phi) is 2.25. The van der Waals surface area contributed by atoms with Crippen LogP contribution in [0.5, 0.6) is 0 Å². The number of carbonyl (C=O) groups is 1. The third-order valence-electron chi connectivity index (χ3n) is 2.16. The number of aliphatic carboxylic acids is 1. The summed E-state index contributed by atoms with van der Waals surface area (Å²) in [5, 5.41) is 11.8. The first-order valence-corrected chi connectivity index (χ1v) is 5.01. The Morgan fingerprint density at radius 2 is 2.38 bits per heavy atom. The van der Waals surface area contributed by atoms with Crippen LogP contribution in [0.1, 0.15) is 17.2 Å². The number of hydrogen-bond acceptors (Lipinski definition) is 2. The van der Waals surface area contributed by atoms with Gasteiger partial charge in [-0.05, 0) is 45.9 Å². The Morgan fingerprint density at radius 3 is 3.08 bits per heavy atom. The van der Waals surface area contributed by atoms with Crippen molar-refractivity contribution in [2.75, 3.05) is 0 Å². The van der Waals surface area contributed by atoms with E-state index in [4.69, 9.17) is 5.11 Å². The molecule has 0 spiro atoms. The minimum atomic E-state index is -0.805. The fraction of sp³-hybridized carbons (Fsp3) is 0.222. The average Bonchev–Trinajstić information content (AvgIpc) is 2.46. The van der Waals surface area contributed by atoms with E-state index in [0.29, 0.717) is 6.54 Å². The standard InChI is InChI=1S/C9H8INO2/c10-6-2-1-5-4-11-8(9(12)13)7(5)3-6/h1-3,8,11H,4H2,(H,12,13)/t8-/m0/s1. The van der Waals surface area contributed by atoms with E-state index in [0.717, 1.165) is 14.7 Å². The van der Waals surface area contributed by atoms with E-state index in [1.807, 2.05) is 18.2 Å². The van der Waals surface area contributed by atoms with Gasteiger partial charge in [-0.15, -0.1) is 0 Å². The lowest BCUT2D eigenvalue weighted by Crippen LogP contribution is -2.21. The van der Waals surface area contributed by atoms with Crippen LogP contribution in [-0.4, -0.2) is 11.1 Å². The van der Waals surface area contributed by atoms with Crippen molar-refractivity contribution < 1.29 is 9.90 Å². The molecule has 1 aromatic carbocycles. The van der Waals surface area contributed by atoms with Crippen molar-refractivity contribution >= 4 is 28.6 Å². The van der Waals surface area contributed by atoms with Gasteiger partial charge in [0.25, 0.3) is 0 Å². The Morgan fingerprint density at radius 1 is 1.62 bits per heavy atom. The van der Waals surface area contributed by atoms with E-state index < -0.39 is 12.0 Å². The summed E-state index contributed by atoms with van der Waals surface area (Å²) in [5.41, 5.74) is 1.99. The highest BCUT2D eigenvalue weighted by molar-refractivity contribution is 14.1. The normalized spacial score (nSPS) is 19.9. The highest BCUT2D eigenvalue weighted by Gasteiger charge is 2.27. The first-order valence-electron chi connectivity index (χ1n) is 3.93. The maximum atomic E-state index is 10.8. The number of carboxylic acid groups (broad SMARTS) is 1. The topological polar surface area (TPSA) is 49.3 Å². The van der Waals surface area contributed by atoms with Crippen LogP contribution in [0.3, 0.4) is 0 Å². The summed E-state index contributed by atoms with van der Waals surface area (Å²) in [6, 6.07) is 5.37. The summed E-state index contributed by atoms with van der Waals surface area (Å²) >= 11 is 2.19. The maximum Gasteiger partial charge on any atom is 0.325 e. The molecule has 1 aliphatic rings. The van der Waals surface area contributed by atoms with Gasteiger partial charge in [0.2, 0.25) is 0 Å². The second-order valence-corrected chi connectivity index (χ2v) is 4.24. The second-order valence-electron chi connectivity index (χ2n) is 3.00. The molecule has 0 aromatic heterocycles. The van der Waals surface area contributed by atoms with Crippen LogP contribution in [0.4, 0.5) is 0 Å². The van der Waals surface area contributed by atoms with Crippen LogP contribution in [0.15, 0.2) is 18.2 Å². The van der Waals surface area contributed by atoms with E-state index in [2.05, 4.69) is 27.9 Å². The van der Waals surface area contributed by atoms with Gasteiger partial charge in [0, 0.05) is 10.1 Å². The van der Waals surface area contributed by atoms with Gasteiger partial charge >= 0.3 is 5.97 Å². The largest absolute Gasteiger partial charge is 0.480 e. The molecule has 1 atom stereocenters. The molecule has 2 N–H and O–H groups in total. The fourth-order valence-corrected chi connectivity index (χ4v) is 2.05. The number of rotatable bonds is 1. The van der Waals surface area contributed by atoms with Crippen molar-refractivity contribution in [2.45, 2.75) is 12.6 Å². The minimum absolute atomic E-state index is 0.523. The zero-order valence-electron chi connectivity index (χ0n) is 6.75. The molecule has 0 saturated carbocycles. The molecular weight excluding hydrogens is 281 g/mol. The Hall–Kier alpha value is -0.620. The first kappa shape index (κ1) is 8.96. The smallest absolute Gasteiger partial charge is 0.325 e. The molecule has 0 fully saturated rings. The van der Waals surface area contributed by atoms with Gasteiger partial charge in [-0.25, -0.2) is 0 Å². The highest BCUT2D eigenvalue weighted by Crippen LogP contribution is 2.26. The summed E-state index contributed by atoms with van der Waals surface area (Å²) in [5.74, 6) is -0.805. The predicted molar refractivity (Wildman–Crippen MR) is 56.4 cm³/mol. The lowest BCUT2D eigenvalue weighted by Gasteiger charge is -2.05. The van der Waals surface area contributed by atoms with Gasteiger partial charge < -0.3 is 5.11 Å². The molecule has 0 aliphatic carbocycles. The van der Waals surface area contributed by atoms with Crippen molar-refractivity contribution in [3.05, 3.63) is 32.9 Å². The Bertz CT molecular complexity index is 365. The molecule has 2 rings (SSSR count). The van der Waals surface area contributed by atoms with E-state index in [1.165, 1.54) is 0 Å². The van der Waals surface area contributed by atoms with Crippen molar-refractivity contribution in [2.24, 2.45) is 0 Å². The summed E-state index contributed by atoms with van der Waals surface area (Å²) in [4.78, 5) is 10.8. The summed E-state index contributed by atoms with van der Waals surface area (Å²) in [7, 11) is 0. The fourth-order valence-electron chi connectivity index (χ4n) is 1.54. The Labute approximate surface area is 89.3 Å². The number of carboxylic acids is 1. The van der Waals surface area contributed by atoms with Crippen LogP contribution in [0.25, 0.3) is 0 Å². The van der Waals surface area contributed by atoms with Crippen LogP contribution < -0.4 is 5.32 Å². The molecule has 0 bridgehead atoms. The molecule has 3 nitrogen and oxygen atoms in total. The predicted octanol–water partition coefficient (Wildman–Crippen LogP) is 1.52. The maximum absolute atomic E-state index is 10.8. The molecule has 0 amide bonds. The first-order chi connectivity index (χ1) is 6.18. The second kappa shape index (κ2) is 3.26. The van der Waals surface area contributed by atoms with Gasteiger partial charge in [-0.1, -0.05) is 6.07 Å². The molecule has 1 heterocycles. The lowest BCUT2D eigenvalue weighted by atomic mass is 10.1. The quantitative estimate of drug-likeness (QED) is 0.771. The molecule has 0 unspecified atom stereocenters. The molecular formula is C9H8INO2. The molecule has 0 radical (unpaired) electrons. The van der Waals surface area contributed by atoms with Gasteiger partial charge in [-0.2, -0.15) is 0 Å². The Balaban J connectivity index is 2.46. The number of benzene rings is 1. The molecule has 1 aliphatic heterocycles. The summed E-state index contributed by atoms with van der Waals surface area (Å²) in [6.07, 6.45) is 0. The van der Waals surface area contributed by atoms with Crippen LogP contribution >= 0.6 is 22.6 Å². The van der Waals surface area contributed by atoms with Crippen LogP contribution in [0, 0.1) is 3.57 Å². The third-order valence-corrected chi connectivity index (χ3v) is 2.83. The van der Waals surface area contributed by atoms with Crippen LogP contribution in [-0.2, 0) is 11.3 Å². The molecule has 13 heavy (non-hydrogen) atoms. The molecule has 4 heteroatoms.